The number of thioether (sulfide) groups is 1. The highest BCUT2D eigenvalue weighted by atomic mass is 32.2. The van der Waals surface area contributed by atoms with Gasteiger partial charge in [0.15, 0.2) is 0 Å². The third-order valence-electron chi connectivity index (χ3n) is 2.71. The van der Waals surface area contributed by atoms with E-state index < -0.39 is 5.97 Å². The highest BCUT2D eigenvalue weighted by Gasteiger charge is 2.08. The first kappa shape index (κ1) is 16.1. The molecular weight excluding hydrogens is 304 g/mol. The summed E-state index contributed by atoms with van der Waals surface area (Å²) < 4.78 is 9.85. The maximum atomic E-state index is 11.5. The third-order valence-corrected chi connectivity index (χ3v) is 3.68. The van der Waals surface area contributed by atoms with E-state index in [2.05, 4.69) is 15.0 Å². The van der Waals surface area contributed by atoms with Gasteiger partial charge in [-0.05, 0) is 12.1 Å². The van der Waals surface area contributed by atoms with Gasteiger partial charge in [0, 0.05) is 11.3 Å². The zero-order chi connectivity index (χ0) is 15.8. The molecule has 0 bridgehead atoms. The molecule has 2 aromatic rings. The molecule has 0 spiro atoms. The van der Waals surface area contributed by atoms with E-state index in [9.17, 15) is 9.59 Å². The van der Waals surface area contributed by atoms with Gasteiger partial charge in [0.25, 0.3) is 0 Å². The summed E-state index contributed by atoms with van der Waals surface area (Å²) in [7, 11) is 1.28. The van der Waals surface area contributed by atoms with Crippen molar-refractivity contribution in [3.05, 3.63) is 42.3 Å². The van der Waals surface area contributed by atoms with Gasteiger partial charge in [0.05, 0.1) is 18.6 Å². The minimum atomic E-state index is -0.470. The molecule has 0 aliphatic heterocycles. The van der Waals surface area contributed by atoms with Gasteiger partial charge in [-0.3, -0.25) is 9.59 Å². The predicted molar refractivity (Wildman–Crippen MR) is 83.1 cm³/mol. The van der Waals surface area contributed by atoms with E-state index >= 15 is 0 Å². The van der Waals surface area contributed by atoms with Crippen LogP contribution in [0.3, 0.4) is 0 Å². The van der Waals surface area contributed by atoms with Crippen molar-refractivity contribution in [3.8, 4) is 11.5 Å². The van der Waals surface area contributed by atoms with Crippen LogP contribution < -0.4 is 5.32 Å². The minimum Gasteiger partial charge on any atom is -0.468 e. The van der Waals surface area contributed by atoms with Crippen LogP contribution >= 0.6 is 11.8 Å². The summed E-state index contributed by atoms with van der Waals surface area (Å²) in [6.45, 7) is -0.113. The molecule has 1 aromatic heterocycles. The van der Waals surface area contributed by atoms with Gasteiger partial charge in [-0.1, -0.05) is 18.2 Å². The van der Waals surface area contributed by atoms with Crippen LogP contribution in [-0.2, 0) is 20.1 Å². The van der Waals surface area contributed by atoms with Crippen molar-refractivity contribution in [1.29, 1.82) is 0 Å². The number of hydrogen-bond acceptors (Lipinski definition) is 6. The largest absolute Gasteiger partial charge is 0.468 e. The molecule has 0 atom stereocenters. The Morgan fingerprint density at radius 1 is 1.32 bits per heavy atom. The molecule has 1 N–H and O–H groups in total. The van der Waals surface area contributed by atoms with Crippen LogP contribution in [0.5, 0.6) is 0 Å². The van der Waals surface area contributed by atoms with E-state index in [1.807, 2.05) is 30.3 Å². The molecule has 1 amide bonds. The molecule has 0 saturated carbocycles. The SMILES string of the molecule is COC(=O)CNC(=O)CSCc1coc(-c2ccccc2)n1. The van der Waals surface area contributed by atoms with E-state index in [0.29, 0.717) is 11.6 Å². The molecule has 7 heteroatoms. The summed E-state index contributed by atoms with van der Waals surface area (Å²) in [6.07, 6.45) is 1.59. The first-order valence-electron chi connectivity index (χ1n) is 6.60. The number of nitrogens with one attached hydrogen (secondary N) is 1. The number of hydrogen-bond donors (Lipinski definition) is 1. The molecule has 1 aromatic carbocycles. The van der Waals surface area contributed by atoms with Crippen molar-refractivity contribution in [2.75, 3.05) is 19.4 Å². The molecule has 0 saturated heterocycles. The summed E-state index contributed by atoms with van der Waals surface area (Å²) in [5.74, 6) is 0.669. The molecule has 6 nitrogen and oxygen atoms in total. The van der Waals surface area contributed by atoms with Crippen LogP contribution in [0.2, 0.25) is 0 Å². The molecular formula is C15H16N2O4S. The van der Waals surface area contributed by atoms with Crippen molar-refractivity contribution in [2.45, 2.75) is 5.75 Å². The lowest BCUT2D eigenvalue weighted by Gasteiger charge is -2.02. The number of methoxy groups -OCH3 is 1. The molecule has 0 radical (unpaired) electrons. The first-order chi connectivity index (χ1) is 10.7. The lowest BCUT2D eigenvalue weighted by molar-refractivity contribution is -0.140. The van der Waals surface area contributed by atoms with E-state index in [4.69, 9.17) is 4.42 Å². The number of esters is 1. The van der Waals surface area contributed by atoms with Crippen LogP contribution in [-0.4, -0.2) is 36.3 Å². The Balaban J connectivity index is 1.75. The van der Waals surface area contributed by atoms with Gasteiger partial charge in [-0.25, -0.2) is 4.98 Å². The van der Waals surface area contributed by atoms with Crippen LogP contribution in [0.25, 0.3) is 11.5 Å². The molecule has 0 aliphatic carbocycles. The van der Waals surface area contributed by atoms with Gasteiger partial charge in [-0.2, -0.15) is 0 Å². The zero-order valence-electron chi connectivity index (χ0n) is 12.1. The average molecular weight is 320 g/mol. The molecule has 0 fully saturated rings. The number of carbonyl (C=O) groups is 2. The molecule has 116 valence electrons. The van der Waals surface area contributed by atoms with Gasteiger partial charge in [0.1, 0.15) is 12.8 Å². The highest BCUT2D eigenvalue weighted by Crippen LogP contribution is 2.20. The second-order valence-corrected chi connectivity index (χ2v) is 5.34. The smallest absolute Gasteiger partial charge is 0.325 e. The molecule has 22 heavy (non-hydrogen) atoms. The number of benzene rings is 1. The van der Waals surface area contributed by atoms with Gasteiger partial charge >= 0.3 is 5.97 Å². The van der Waals surface area contributed by atoms with Gasteiger partial charge in [0.2, 0.25) is 11.8 Å². The van der Waals surface area contributed by atoms with Crippen LogP contribution in [0.15, 0.2) is 41.0 Å². The number of aromatic nitrogens is 1. The first-order valence-corrected chi connectivity index (χ1v) is 7.75. The maximum Gasteiger partial charge on any atom is 0.325 e. The summed E-state index contributed by atoms with van der Waals surface area (Å²) in [4.78, 5) is 26.8. The highest BCUT2D eigenvalue weighted by molar-refractivity contribution is 7.99. The maximum absolute atomic E-state index is 11.5. The second-order valence-electron chi connectivity index (χ2n) is 4.36. The average Bonchev–Trinajstić information content (AvgIpc) is 3.02. The zero-order valence-corrected chi connectivity index (χ0v) is 12.9. The summed E-state index contributed by atoms with van der Waals surface area (Å²) in [6, 6.07) is 9.60. The lowest BCUT2D eigenvalue weighted by atomic mass is 10.2. The number of ether oxygens (including phenoxy) is 1. The Morgan fingerprint density at radius 2 is 2.09 bits per heavy atom. The van der Waals surface area contributed by atoms with Gasteiger partial charge in [-0.15, -0.1) is 11.8 Å². The van der Waals surface area contributed by atoms with Crippen LogP contribution in [0, 0.1) is 0 Å². The summed E-state index contributed by atoms with van der Waals surface area (Å²) >= 11 is 1.40. The molecule has 0 aliphatic rings. The van der Waals surface area contributed by atoms with Crippen molar-refractivity contribution < 1.29 is 18.7 Å². The normalized spacial score (nSPS) is 10.2. The second kappa shape index (κ2) is 8.23. The predicted octanol–water partition coefficient (Wildman–Crippen LogP) is 1.86. The Bertz CT molecular complexity index is 627. The lowest BCUT2D eigenvalue weighted by Crippen LogP contribution is -2.31. The summed E-state index contributed by atoms with van der Waals surface area (Å²) in [5.41, 5.74) is 1.68. The topological polar surface area (TPSA) is 81.4 Å². The Labute approximate surface area is 132 Å². The van der Waals surface area contributed by atoms with Crippen molar-refractivity contribution in [2.24, 2.45) is 0 Å². The molecule has 2 rings (SSSR count). The monoisotopic (exact) mass is 320 g/mol. The fourth-order valence-electron chi connectivity index (χ4n) is 1.63. The third kappa shape index (κ3) is 4.92. The van der Waals surface area contributed by atoms with E-state index in [1.54, 1.807) is 6.26 Å². The number of oxazole rings is 1. The van der Waals surface area contributed by atoms with Crippen LogP contribution in [0.4, 0.5) is 0 Å². The minimum absolute atomic E-state index is 0.113. The van der Waals surface area contributed by atoms with Crippen LogP contribution in [0.1, 0.15) is 5.69 Å². The quantitative estimate of drug-likeness (QED) is 0.784. The fourth-order valence-corrected chi connectivity index (χ4v) is 2.36. The van der Waals surface area contributed by atoms with E-state index in [0.717, 1.165) is 11.3 Å². The summed E-state index contributed by atoms with van der Waals surface area (Å²) in [5, 5.41) is 2.47. The molecule has 0 unspecified atom stereocenters. The molecule has 1 heterocycles. The van der Waals surface area contributed by atoms with E-state index in [-0.39, 0.29) is 18.2 Å². The number of nitrogens with zero attached hydrogens (tertiary/aromatic N) is 1. The van der Waals surface area contributed by atoms with Crippen molar-refractivity contribution in [1.82, 2.24) is 10.3 Å². The Hall–Kier alpha value is -2.28. The van der Waals surface area contributed by atoms with E-state index in [1.165, 1.54) is 18.9 Å². The number of rotatable bonds is 7. The van der Waals surface area contributed by atoms with Gasteiger partial charge < -0.3 is 14.5 Å². The Morgan fingerprint density at radius 3 is 2.82 bits per heavy atom. The van der Waals surface area contributed by atoms with Crippen molar-refractivity contribution in [3.63, 3.8) is 0 Å². The number of amides is 1. The van der Waals surface area contributed by atoms with Crippen molar-refractivity contribution >= 4 is 23.6 Å². The standard InChI is InChI=1S/C15H16N2O4S/c1-20-14(19)7-16-13(18)10-22-9-12-8-21-15(17-12)11-5-3-2-4-6-11/h2-6,8H,7,9-10H2,1H3,(H,16,18). The Kier molecular flexibility index (Phi) is 6.02. The fraction of sp³-hybridized carbons (Fsp3) is 0.267. The number of carbonyl (C=O) groups excluding carboxylic acids is 2.